The summed E-state index contributed by atoms with van der Waals surface area (Å²) in [4.78, 5) is 18.6. The van der Waals surface area contributed by atoms with Crippen molar-refractivity contribution in [3.05, 3.63) is 119 Å². The van der Waals surface area contributed by atoms with Gasteiger partial charge < -0.3 is 9.84 Å². The molecule has 2 heterocycles. The summed E-state index contributed by atoms with van der Waals surface area (Å²) in [7, 11) is 1.59. The van der Waals surface area contributed by atoms with Crippen LogP contribution in [0.2, 0.25) is 0 Å². The third-order valence-electron chi connectivity index (χ3n) is 7.10. The van der Waals surface area contributed by atoms with E-state index in [2.05, 4.69) is 16.2 Å². The van der Waals surface area contributed by atoms with Crippen LogP contribution in [0.15, 0.2) is 90.8 Å². The Bertz CT molecular complexity index is 1770. The maximum absolute atomic E-state index is 15.1. The molecule has 0 radical (unpaired) electrons. The predicted octanol–water partition coefficient (Wildman–Crippen LogP) is 5.37. The van der Waals surface area contributed by atoms with Gasteiger partial charge >= 0.3 is 6.09 Å². The van der Waals surface area contributed by atoms with E-state index < -0.39 is 29.2 Å². The Kier molecular flexibility index (Phi) is 8.56. The highest BCUT2D eigenvalue weighted by Crippen LogP contribution is 2.41. The standard InChI is InChI=1S/C31H27F2N6O3S/c1-21(29-36-28(16-43-29)23-10-8-22(15-34)9-11-23)31(41,26-14-24(32)12-13-27(26)33)17-39-19-38(18-35-39)20-42-30(40)37(2)25-6-4-3-5-7-25/h3-14,16,18-19,21,41H,17,20H2,1-2H3/q+1/t21-,31+/m0/s1. The maximum Gasteiger partial charge on any atom is 0.416 e. The van der Waals surface area contributed by atoms with Crippen molar-refractivity contribution in [3.63, 3.8) is 0 Å². The summed E-state index contributed by atoms with van der Waals surface area (Å²) in [5.74, 6) is -2.28. The summed E-state index contributed by atoms with van der Waals surface area (Å²) in [6, 6.07) is 20.9. The minimum absolute atomic E-state index is 0.168. The number of para-hydroxylation sites is 1. The van der Waals surface area contributed by atoms with Gasteiger partial charge in [-0.1, -0.05) is 37.3 Å². The first kappa shape index (κ1) is 29.5. The zero-order valence-corrected chi connectivity index (χ0v) is 24.1. The second-order valence-electron chi connectivity index (χ2n) is 9.92. The predicted molar refractivity (Wildman–Crippen MR) is 155 cm³/mol. The van der Waals surface area contributed by atoms with E-state index in [0.717, 1.165) is 23.8 Å². The van der Waals surface area contributed by atoms with Crippen LogP contribution in [0.4, 0.5) is 19.3 Å². The van der Waals surface area contributed by atoms with Crippen molar-refractivity contribution in [1.29, 1.82) is 5.26 Å². The third-order valence-corrected chi connectivity index (χ3v) is 8.13. The summed E-state index contributed by atoms with van der Waals surface area (Å²) < 4.78 is 37.7. The number of halogens is 2. The summed E-state index contributed by atoms with van der Waals surface area (Å²) in [6.45, 7) is 1.26. The molecule has 0 spiro atoms. The number of hydrogen-bond acceptors (Lipinski definition) is 7. The molecule has 3 aromatic carbocycles. The van der Waals surface area contributed by atoms with E-state index in [0.29, 0.717) is 22.0 Å². The van der Waals surface area contributed by atoms with E-state index in [4.69, 9.17) is 10.00 Å². The molecule has 218 valence electrons. The second kappa shape index (κ2) is 12.5. The normalized spacial score (nSPS) is 13.1. The van der Waals surface area contributed by atoms with Crippen LogP contribution < -0.4 is 9.47 Å². The highest BCUT2D eigenvalue weighted by Gasteiger charge is 2.43. The lowest BCUT2D eigenvalue weighted by Gasteiger charge is -2.32. The van der Waals surface area contributed by atoms with E-state index in [1.54, 1.807) is 67.9 Å². The van der Waals surface area contributed by atoms with Gasteiger partial charge in [0.05, 0.1) is 22.3 Å². The first-order chi connectivity index (χ1) is 20.7. The van der Waals surface area contributed by atoms with Crippen LogP contribution >= 0.6 is 11.3 Å². The maximum atomic E-state index is 15.1. The molecule has 43 heavy (non-hydrogen) atoms. The van der Waals surface area contributed by atoms with Crippen molar-refractivity contribution >= 4 is 23.1 Å². The number of anilines is 1. The fraction of sp³-hybridized carbons (Fsp3) is 0.194. The van der Waals surface area contributed by atoms with Gasteiger partial charge in [0, 0.05) is 40.3 Å². The van der Waals surface area contributed by atoms with Gasteiger partial charge in [-0.15, -0.1) is 16.0 Å². The lowest BCUT2D eigenvalue weighted by atomic mass is 9.82. The molecule has 0 fully saturated rings. The van der Waals surface area contributed by atoms with Gasteiger partial charge in [0.15, 0.2) is 0 Å². The molecule has 0 aliphatic carbocycles. The molecule has 5 aromatic rings. The number of carbonyl (C=O) groups excluding carboxylic acids is 1. The number of ether oxygens (including phenoxy) is 1. The first-order valence-electron chi connectivity index (χ1n) is 13.2. The third kappa shape index (κ3) is 6.43. The number of rotatable bonds is 9. The van der Waals surface area contributed by atoms with Gasteiger partial charge in [0.2, 0.25) is 13.1 Å². The van der Waals surface area contributed by atoms with Gasteiger partial charge in [-0.25, -0.2) is 23.1 Å². The zero-order valence-electron chi connectivity index (χ0n) is 23.3. The molecular weight excluding hydrogens is 574 g/mol. The summed E-state index contributed by atoms with van der Waals surface area (Å²) in [5, 5.41) is 27.7. The molecule has 2 aromatic heterocycles. The first-order valence-corrected chi connectivity index (χ1v) is 14.1. The van der Waals surface area contributed by atoms with E-state index in [9.17, 15) is 14.3 Å². The lowest BCUT2D eigenvalue weighted by Crippen LogP contribution is -2.40. The largest absolute Gasteiger partial charge is 0.416 e. The molecule has 5 rings (SSSR count). The number of nitrogens with zero attached hydrogens (tertiary/aromatic N) is 6. The van der Waals surface area contributed by atoms with Gasteiger partial charge in [-0.05, 0) is 42.5 Å². The molecule has 9 nitrogen and oxygen atoms in total. The molecule has 0 bridgehead atoms. The molecule has 0 saturated heterocycles. The number of carbonyl (C=O) groups is 1. The van der Waals surface area contributed by atoms with Gasteiger partial charge in [0.1, 0.15) is 23.8 Å². The number of hydrogen-bond donors (Lipinski definition) is 1. The minimum atomic E-state index is -1.97. The highest BCUT2D eigenvalue weighted by molar-refractivity contribution is 7.10. The Hall–Kier alpha value is -4.99. The smallest absolute Gasteiger partial charge is 0.415 e. The summed E-state index contributed by atoms with van der Waals surface area (Å²) >= 11 is 1.27. The van der Waals surface area contributed by atoms with Crippen molar-refractivity contribution in [2.45, 2.75) is 31.7 Å². The van der Waals surface area contributed by atoms with Crippen molar-refractivity contribution < 1.29 is 28.0 Å². The van der Waals surface area contributed by atoms with Gasteiger partial charge in [-0.2, -0.15) is 5.26 Å². The molecule has 1 amide bonds. The van der Waals surface area contributed by atoms with Crippen LogP contribution in [0, 0.1) is 23.0 Å². The number of aliphatic hydroxyl groups is 1. The number of nitriles is 1. The SMILES string of the molecule is C[C@@H](c1nc(-c2ccc(C#N)cc2)cs1)[C@](O)(Cn1c[n+](COC(=O)N(C)c2ccccc2)cn1)c1cc(F)ccc1F. The Balaban J connectivity index is 1.38. The number of thiazole rings is 1. The zero-order chi connectivity index (χ0) is 30.6. The van der Waals surface area contributed by atoms with Crippen LogP contribution in [0.25, 0.3) is 11.3 Å². The Morgan fingerprint density at radius 1 is 1.19 bits per heavy atom. The van der Waals surface area contributed by atoms with Gasteiger partial charge in [-0.3, -0.25) is 4.90 Å². The van der Waals surface area contributed by atoms with Crippen LogP contribution in [-0.2, 0) is 23.6 Å². The Morgan fingerprint density at radius 2 is 1.93 bits per heavy atom. The van der Waals surface area contributed by atoms with Crippen LogP contribution in [0.3, 0.4) is 0 Å². The van der Waals surface area contributed by atoms with Crippen molar-refractivity contribution in [2.75, 3.05) is 11.9 Å². The fourth-order valence-electron chi connectivity index (χ4n) is 4.57. The molecule has 0 unspecified atom stereocenters. The minimum Gasteiger partial charge on any atom is -0.415 e. The van der Waals surface area contributed by atoms with E-state index in [1.165, 1.54) is 38.1 Å². The monoisotopic (exact) mass is 601 g/mol. The summed E-state index contributed by atoms with van der Waals surface area (Å²) in [5.41, 5.74) is 0.354. The van der Waals surface area contributed by atoms with Crippen LogP contribution in [0.1, 0.15) is 29.0 Å². The molecule has 2 atom stereocenters. The molecule has 12 heteroatoms. The Morgan fingerprint density at radius 3 is 2.65 bits per heavy atom. The number of amides is 1. The van der Waals surface area contributed by atoms with Crippen molar-refractivity contribution in [3.8, 4) is 17.3 Å². The van der Waals surface area contributed by atoms with E-state index in [-0.39, 0.29) is 18.8 Å². The molecule has 0 saturated carbocycles. The molecule has 0 aliphatic rings. The van der Waals surface area contributed by atoms with Gasteiger partial charge in [0.25, 0.3) is 6.33 Å². The van der Waals surface area contributed by atoms with Crippen molar-refractivity contribution in [1.82, 2.24) is 14.8 Å². The number of aromatic nitrogens is 4. The molecule has 0 aliphatic heterocycles. The molecular formula is C31H27F2N6O3S+. The topological polar surface area (TPSA) is 108 Å². The van der Waals surface area contributed by atoms with Crippen LogP contribution in [0.5, 0.6) is 0 Å². The quantitative estimate of drug-likeness (QED) is 0.228. The summed E-state index contributed by atoms with van der Waals surface area (Å²) in [6.07, 6.45) is 2.31. The van der Waals surface area contributed by atoms with E-state index >= 15 is 4.39 Å². The number of benzene rings is 3. The van der Waals surface area contributed by atoms with Crippen LogP contribution in [-0.4, -0.2) is 33.0 Å². The fourth-order valence-corrected chi connectivity index (χ4v) is 5.54. The van der Waals surface area contributed by atoms with Crippen molar-refractivity contribution in [2.24, 2.45) is 0 Å². The average Bonchev–Trinajstić information content (AvgIpc) is 3.70. The highest BCUT2D eigenvalue weighted by atomic mass is 32.1. The lowest BCUT2D eigenvalue weighted by molar-refractivity contribution is -0.727. The Labute approximate surface area is 250 Å². The average molecular weight is 602 g/mol. The molecule has 1 N–H and O–H groups in total. The second-order valence-corrected chi connectivity index (χ2v) is 10.8. The van der Waals surface area contributed by atoms with E-state index in [1.807, 2.05) is 6.07 Å².